The molecule has 0 spiro atoms. The molecule has 0 fully saturated rings. The fourth-order valence-corrected chi connectivity index (χ4v) is 29.9. The van der Waals surface area contributed by atoms with Gasteiger partial charge in [0, 0.05) is 0 Å². The van der Waals surface area contributed by atoms with Crippen LogP contribution in [0.15, 0.2) is 102 Å². The van der Waals surface area contributed by atoms with Crippen LogP contribution in [-0.2, 0) is 17.4 Å². The number of hydrogen-bond donors (Lipinski definition) is 0. The third-order valence-corrected chi connectivity index (χ3v) is 28.5. The maximum Gasteiger partial charge on any atom is -0.147 e. The van der Waals surface area contributed by atoms with Crippen molar-refractivity contribution in [3.63, 3.8) is 0 Å². The van der Waals surface area contributed by atoms with Gasteiger partial charge in [-0.05, 0) is 0 Å². The Hall–Kier alpha value is -2.48. The van der Waals surface area contributed by atoms with Crippen molar-refractivity contribution in [3.8, 4) is 22.3 Å². The summed E-state index contributed by atoms with van der Waals surface area (Å²) in [7, 11) is 0. The van der Waals surface area contributed by atoms with E-state index in [1.54, 1.807) is 22.3 Å². The molecule has 4 heteroatoms. The van der Waals surface area contributed by atoms with Gasteiger partial charge in [0.2, 0.25) is 0 Å². The summed E-state index contributed by atoms with van der Waals surface area (Å²) in [5, 5.41) is 2.64. The van der Waals surface area contributed by atoms with Crippen LogP contribution in [0.25, 0.3) is 45.2 Å². The Morgan fingerprint density at radius 2 is 1.28 bits per heavy atom. The van der Waals surface area contributed by atoms with Crippen molar-refractivity contribution in [2.45, 2.75) is 58.1 Å². The van der Waals surface area contributed by atoms with E-state index in [1.165, 1.54) is 60.8 Å². The van der Waals surface area contributed by atoms with Crippen LogP contribution < -0.4 is 0 Å². The third kappa shape index (κ3) is 5.82. The van der Waals surface area contributed by atoms with E-state index in [2.05, 4.69) is 161 Å². The standard InChI is InChI=1S/C21H17.C20H21.2CH3.2ClH.H2Si.Zr/c1-14-12-20-15(2)10-11-19(21(20)13-14)18-9-5-7-16-6-3-4-8-17(16)18;1-13(2)17-11-16-6-5-7-19(20(16)12-17)18-9-14(3)8-15(4)10-18;;;;;;/h3-13H,1-2H3;5-13H,1-4H3;2*1H3;2*1H;1H2;. The van der Waals surface area contributed by atoms with Gasteiger partial charge in [-0.1, -0.05) is 0 Å². The maximum atomic E-state index is 2.78. The minimum absolute atomic E-state index is 0. The van der Waals surface area contributed by atoms with Crippen LogP contribution in [0.1, 0.15) is 67.0 Å². The zero-order valence-corrected chi connectivity index (χ0v) is 34.6. The van der Waals surface area contributed by atoms with Crippen molar-refractivity contribution in [1.29, 1.82) is 0 Å². The first kappa shape index (κ1) is 35.8. The fourth-order valence-electron chi connectivity index (χ4n) is 9.27. The monoisotopic (exact) mass is 752 g/mol. The van der Waals surface area contributed by atoms with Gasteiger partial charge in [-0.15, -0.1) is 24.8 Å². The van der Waals surface area contributed by atoms with Gasteiger partial charge in [0.15, 0.2) is 0 Å². The summed E-state index contributed by atoms with van der Waals surface area (Å²) in [6.45, 7) is 16.5. The largest absolute Gasteiger partial charge is 0.147 e. The molecule has 0 aromatic heterocycles. The molecular formula is C43H48Cl2SiZr. The summed E-state index contributed by atoms with van der Waals surface area (Å²) in [5.41, 5.74) is 18.9. The van der Waals surface area contributed by atoms with E-state index in [0.717, 1.165) is 0 Å². The molecular weight excluding hydrogens is 707 g/mol. The number of aryl methyl sites for hydroxylation is 3. The molecule has 0 saturated carbocycles. The van der Waals surface area contributed by atoms with Gasteiger partial charge >= 0.3 is 275 Å². The van der Waals surface area contributed by atoms with Crippen LogP contribution >= 0.6 is 24.8 Å². The predicted octanol–water partition coefficient (Wildman–Crippen LogP) is 12.5. The summed E-state index contributed by atoms with van der Waals surface area (Å²) < 4.78 is 6.56. The molecule has 5 aromatic rings. The second-order valence-electron chi connectivity index (χ2n) is 15.5. The van der Waals surface area contributed by atoms with Gasteiger partial charge < -0.3 is 0 Å². The Morgan fingerprint density at radius 3 is 1.98 bits per heavy atom. The summed E-state index contributed by atoms with van der Waals surface area (Å²) >= 11 is -3.72. The van der Waals surface area contributed by atoms with Gasteiger partial charge in [-0.3, -0.25) is 0 Å². The molecule has 0 bridgehead atoms. The molecule has 5 aromatic carbocycles. The van der Waals surface area contributed by atoms with Crippen molar-refractivity contribution < 1.29 is 17.4 Å². The van der Waals surface area contributed by atoms with Crippen molar-refractivity contribution in [2.75, 3.05) is 0 Å². The molecule has 2 aliphatic carbocycles. The van der Waals surface area contributed by atoms with Gasteiger partial charge in [0.1, 0.15) is 0 Å². The molecule has 0 N–H and O–H groups in total. The second-order valence-corrected chi connectivity index (χ2v) is 45.9. The quantitative estimate of drug-likeness (QED) is 0.157. The zero-order chi connectivity index (χ0) is 31.9. The van der Waals surface area contributed by atoms with E-state index >= 15 is 0 Å². The maximum absolute atomic E-state index is 3.72. The number of halogens is 2. The Balaban J connectivity index is 0.00000217. The van der Waals surface area contributed by atoms with Crippen LogP contribution in [0.2, 0.25) is 9.26 Å². The zero-order valence-electron chi connectivity index (χ0n) is 29.1. The second kappa shape index (κ2) is 12.8. The molecule has 47 heavy (non-hydrogen) atoms. The van der Waals surface area contributed by atoms with Crippen LogP contribution in [0.5, 0.6) is 0 Å². The molecule has 0 saturated heterocycles. The Bertz CT molecular complexity index is 2150. The number of rotatable bonds is 5. The Labute approximate surface area is 297 Å². The molecule has 242 valence electrons. The number of benzene rings is 5. The van der Waals surface area contributed by atoms with Crippen LogP contribution in [0.3, 0.4) is 0 Å². The van der Waals surface area contributed by atoms with Crippen LogP contribution in [0.4, 0.5) is 0 Å². The number of fused-ring (bicyclic) bond motifs is 3. The third-order valence-electron chi connectivity index (χ3n) is 10.9. The summed E-state index contributed by atoms with van der Waals surface area (Å²) in [6, 6.07) is 34.6. The molecule has 0 nitrogen and oxygen atoms in total. The Kier molecular flexibility index (Phi) is 9.73. The molecule has 0 aliphatic heterocycles. The first-order chi connectivity index (χ1) is 21.3. The van der Waals surface area contributed by atoms with Crippen molar-refractivity contribution in [3.05, 3.63) is 141 Å². The minimum Gasteiger partial charge on any atom is -0.147 e. The average molecular weight is 755 g/mol. The molecule has 2 aliphatic rings. The fraction of sp³-hybridized carbons (Fsp3) is 0.256. The normalized spacial score (nSPS) is 17.1. The van der Waals surface area contributed by atoms with E-state index in [4.69, 9.17) is 0 Å². The first-order valence-corrected chi connectivity index (χ1v) is 30.3. The molecule has 0 amide bonds. The molecule has 0 radical (unpaired) electrons. The molecule has 0 heterocycles. The topological polar surface area (TPSA) is 0 Å². The van der Waals surface area contributed by atoms with Crippen molar-refractivity contribution >= 4 is 54.6 Å². The first-order valence-electron chi connectivity index (χ1n) is 16.6. The van der Waals surface area contributed by atoms with Gasteiger partial charge in [0.05, 0.1) is 0 Å². The van der Waals surface area contributed by atoms with E-state index in [0.29, 0.717) is 13.2 Å². The smallest absolute Gasteiger partial charge is 0.147 e. The van der Waals surface area contributed by atoms with E-state index in [-0.39, 0.29) is 24.8 Å². The van der Waals surface area contributed by atoms with Crippen LogP contribution in [0, 0.1) is 26.7 Å². The number of allylic oxidation sites excluding steroid dienone is 2. The molecule has 2 unspecified atom stereocenters. The summed E-state index contributed by atoms with van der Waals surface area (Å²) in [4.78, 5) is 0. The van der Waals surface area contributed by atoms with E-state index in [9.17, 15) is 0 Å². The molecule has 7 rings (SSSR count). The van der Waals surface area contributed by atoms with E-state index in [1.807, 2.05) is 0 Å². The summed E-state index contributed by atoms with van der Waals surface area (Å²) in [6.07, 6.45) is 5.18. The summed E-state index contributed by atoms with van der Waals surface area (Å²) in [5.74, 6) is 0.500. The van der Waals surface area contributed by atoms with Gasteiger partial charge in [0.25, 0.3) is 0 Å². The van der Waals surface area contributed by atoms with Crippen LogP contribution in [-0.4, -0.2) is 6.88 Å². The minimum atomic E-state index is -3.72. The SMILES string of the molecule is CC1=Cc2c(-c3cccc4ccccc34)ccc(C)c2[CH]1[Zr]([CH3])([CH3])(=[SiH2])[CH]1C(C(C)C)=Cc2c(-c3cc(C)cc(C)c3)cccc21.Cl.Cl. The van der Waals surface area contributed by atoms with Crippen molar-refractivity contribution in [1.82, 2.24) is 0 Å². The van der Waals surface area contributed by atoms with Gasteiger partial charge in [-0.25, -0.2) is 0 Å². The van der Waals surface area contributed by atoms with Crippen molar-refractivity contribution in [2.24, 2.45) is 5.92 Å². The Morgan fingerprint density at radius 1 is 0.638 bits per heavy atom. The van der Waals surface area contributed by atoms with Gasteiger partial charge in [-0.2, -0.15) is 0 Å². The average Bonchev–Trinajstić information content (AvgIpc) is 3.57. The predicted molar refractivity (Wildman–Crippen MR) is 212 cm³/mol. The number of hydrogen-bond acceptors (Lipinski definition) is 0. The van der Waals surface area contributed by atoms with E-state index < -0.39 is 17.4 Å². The molecule has 2 atom stereocenters.